The molecule has 0 spiro atoms. The van der Waals surface area contributed by atoms with Crippen molar-refractivity contribution in [3.8, 4) is 5.75 Å². The van der Waals surface area contributed by atoms with E-state index in [0.717, 1.165) is 31.4 Å². The third-order valence-electron chi connectivity index (χ3n) is 4.99. The molecule has 5 heteroatoms. The quantitative estimate of drug-likeness (QED) is 0.272. The van der Waals surface area contributed by atoms with Crippen LogP contribution in [-0.4, -0.2) is 25.1 Å². The van der Waals surface area contributed by atoms with Gasteiger partial charge in [-0.25, -0.2) is 4.79 Å². The molecule has 0 aromatic heterocycles. The van der Waals surface area contributed by atoms with Crippen LogP contribution in [0.15, 0.2) is 48.5 Å². The third kappa shape index (κ3) is 9.24. The number of ether oxygens (including phenoxy) is 2. The minimum Gasteiger partial charge on any atom is -0.494 e. The molecular formula is C26H35NO4. The van der Waals surface area contributed by atoms with E-state index in [4.69, 9.17) is 9.47 Å². The van der Waals surface area contributed by atoms with Gasteiger partial charge in [-0.3, -0.25) is 4.79 Å². The molecule has 5 nitrogen and oxygen atoms in total. The van der Waals surface area contributed by atoms with Crippen molar-refractivity contribution in [3.05, 3.63) is 59.7 Å². The molecule has 0 heterocycles. The number of anilines is 1. The Morgan fingerprint density at radius 2 is 1.32 bits per heavy atom. The van der Waals surface area contributed by atoms with E-state index in [-0.39, 0.29) is 11.9 Å². The number of benzene rings is 2. The molecule has 168 valence electrons. The van der Waals surface area contributed by atoms with Crippen molar-refractivity contribution in [1.82, 2.24) is 0 Å². The van der Waals surface area contributed by atoms with Crippen LogP contribution < -0.4 is 10.1 Å². The molecule has 0 aliphatic heterocycles. The van der Waals surface area contributed by atoms with Gasteiger partial charge in [0.1, 0.15) is 5.75 Å². The van der Waals surface area contributed by atoms with Gasteiger partial charge in [-0.1, -0.05) is 52.4 Å². The van der Waals surface area contributed by atoms with Crippen LogP contribution >= 0.6 is 0 Å². The maximum Gasteiger partial charge on any atom is 0.338 e. The molecule has 0 radical (unpaired) electrons. The van der Waals surface area contributed by atoms with Gasteiger partial charge >= 0.3 is 5.97 Å². The van der Waals surface area contributed by atoms with E-state index < -0.39 is 0 Å². The molecule has 0 saturated carbocycles. The van der Waals surface area contributed by atoms with Gasteiger partial charge in [0, 0.05) is 11.3 Å². The molecule has 0 saturated heterocycles. The highest BCUT2D eigenvalue weighted by atomic mass is 16.5. The van der Waals surface area contributed by atoms with Crippen LogP contribution in [0.1, 0.15) is 85.9 Å². The number of amides is 1. The van der Waals surface area contributed by atoms with Crippen LogP contribution in [0.4, 0.5) is 5.69 Å². The summed E-state index contributed by atoms with van der Waals surface area (Å²) in [6.07, 6.45) is 8.99. The maximum atomic E-state index is 12.4. The number of hydrogen-bond acceptors (Lipinski definition) is 4. The summed E-state index contributed by atoms with van der Waals surface area (Å²) in [7, 11) is 0. The van der Waals surface area contributed by atoms with E-state index in [1.54, 1.807) is 48.5 Å². The van der Waals surface area contributed by atoms with E-state index in [2.05, 4.69) is 19.2 Å². The molecule has 0 aliphatic rings. The van der Waals surface area contributed by atoms with Crippen molar-refractivity contribution < 1.29 is 19.1 Å². The summed E-state index contributed by atoms with van der Waals surface area (Å²) >= 11 is 0. The Balaban J connectivity index is 1.75. The molecule has 0 unspecified atom stereocenters. The van der Waals surface area contributed by atoms with Gasteiger partial charge in [-0.05, 0) is 61.4 Å². The summed E-state index contributed by atoms with van der Waals surface area (Å²) in [4.78, 5) is 24.6. The summed E-state index contributed by atoms with van der Waals surface area (Å²) < 4.78 is 10.9. The number of nitrogens with one attached hydrogen (secondary N) is 1. The number of carbonyl (C=O) groups is 2. The molecule has 2 aromatic carbocycles. The number of hydrogen-bond donors (Lipinski definition) is 1. The second kappa shape index (κ2) is 14.2. The first-order chi connectivity index (χ1) is 15.1. The second-order valence-electron chi connectivity index (χ2n) is 7.66. The number of unbranched alkanes of at least 4 members (excludes halogenated alkanes) is 6. The fraction of sp³-hybridized carbons (Fsp3) is 0.462. The first kappa shape index (κ1) is 24.4. The molecular weight excluding hydrogens is 390 g/mol. The van der Waals surface area contributed by atoms with Gasteiger partial charge in [0.2, 0.25) is 0 Å². The van der Waals surface area contributed by atoms with E-state index in [1.807, 2.05) is 0 Å². The molecule has 0 bridgehead atoms. The molecule has 31 heavy (non-hydrogen) atoms. The molecule has 0 fully saturated rings. The van der Waals surface area contributed by atoms with Crippen molar-refractivity contribution in [2.24, 2.45) is 0 Å². The number of esters is 1. The topological polar surface area (TPSA) is 64.6 Å². The van der Waals surface area contributed by atoms with Crippen molar-refractivity contribution in [3.63, 3.8) is 0 Å². The van der Waals surface area contributed by atoms with Gasteiger partial charge in [0.25, 0.3) is 5.91 Å². The van der Waals surface area contributed by atoms with E-state index in [0.29, 0.717) is 30.0 Å². The molecule has 0 aliphatic carbocycles. The van der Waals surface area contributed by atoms with E-state index in [9.17, 15) is 9.59 Å². The van der Waals surface area contributed by atoms with Crippen LogP contribution in [0.3, 0.4) is 0 Å². The average molecular weight is 426 g/mol. The number of rotatable bonds is 14. The maximum absolute atomic E-state index is 12.4. The smallest absolute Gasteiger partial charge is 0.338 e. The van der Waals surface area contributed by atoms with Gasteiger partial charge in [-0.15, -0.1) is 0 Å². The van der Waals surface area contributed by atoms with Crippen LogP contribution in [0, 0.1) is 0 Å². The molecule has 1 N–H and O–H groups in total. The normalized spacial score (nSPS) is 10.5. The zero-order valence-corrected chi connectivity index (χ0v) is 18.8. The average Bonchev–Trinajstić information content (AvgIpc) is 2.79. The summed E-state index contributed by atoms with van der Waals surface area (Å²) in [5.41, 5.74) is 1.66. The molecule has 0 atom stereocenters. The Bertz CT molecular complexity index is 784. The van der Waals surface area contributed by atoms with Crippen LogP contribution in [0.2, 0.25) is 0 Å². The summed E-state index contributed by atoms with van der Waals surface area (Å²) in [5, 5.41) is 2.84. The highest BCUT2D eigenvalue weighted by Crippen LogP contribution is 2.16. The second-order valence-corrected chi connectivity index (χ2v) is 7.66. The fourth-order valence-corrected chi connectivity index (χ4v) is 3.06. The van der Waals surface area contributed by atoms with Gasteiger partial charge < -0.3 is 14.8 Å². The molecule has 2 aromatic rings. The SMILES string of the molecule is CCCCCCCCOC(=O)c1ccc(NC(=O)c2ccc(OCCCC)cc2)cc1. The summed E-state index contributed by atoms with van der Waals surface area (Å²) in [5.74, 6) is 0.220. The Morgan fingerprint density at radius 1 is 0.710 bits per heavy atom. The molecule has 1 amide bonds. The lowest BCUT2D eigenvalue weighted by atomic mass is 10.1. The van der Waals surface area contributed by atoms with Crippen molar-refractivity contribution >= 4 is 17.6 Å². The van der Waals surface area contributed by atoms with Crippen molar-refractivity contribution in [2.45, 2.75) is 65.2 Å². The Morgan fingerprint density at radius 3 is 2.00 bits per heavy atom. The van der Waals surface area contributed by atoms with E-state index >= 15 is 0 Å². The zero-order chi connectivity index (χ0) is 22.3. The van der Waals surface area contributed by atoms with Crippen LogP contribution in [0.25, 0.3) is 0 Å². The first-order valence-electron chi connectivity index (χ1n) is 11.5. The fourth-order valence-electron chi connectivity index (χ4n) is 3.06. The zero-order valence-electron chi connectivity index (χ0n) is 18.8. The predicted octanol–water partition coefficient (Wildman–Crippen LogP) is 6.64. The van der Waals surface area contributed by atoms with Gasteiger partial charge in [0.15, 0.2) is 0 Å². The largest absolute Gasteiger partial charge is 0.494 e. The Hall–Kier alpha value is -2.82. The standard InChI is InChI=1S/C26H35NO4/c1-3-5-7-8-9-10-20-31-26(29)22-11-15-23(16-12-22)27-25(28)21-13-17-24(18-14-21)30-19-6-4-2/h11-18H,3-10,19-20H2,1-2H3,(H,27,28). The predicted molar refractivity (Wildman–Crippen MR) is 125 cm³/mol. The van der Waals surface area contributed by atoms with Gasteiger partial charge in [-0.2, -0.15) is 0 Å². The number of carbonyl (C=O) groups excluding carboxylic acids is 2. The summed E-state index contributed by atoms with van der Waals surface area (Å²) in [6.45, 7) is 5.43. The Labute approximate surface area is 186 Å². The third-order valence-corrected chi connectivity index (χ3v) is 4.99. The van der Waals surface area contributed by atoms with Crippen molar-refractivity contribution in [1.29, 1.82) is 0 Å². The highest BCUT2D eigenvalue weighted by molar-refractivity contribution is 6.04. The summed E-state index contributed by atoms with van der Waals surface area (Å²) in [6, 6.07) is 13.8. The van der Waals surface area contributed by atoms with Crippen LogP contribution in [-0.2, 0) is 4.74 Å². The minimum atomic E-state index is -0.329. The van der Waals surface area contributed by atoms with Crippen molar-refractivity contribution in [2.75, 3.05) is 18.5 Å². The lowest BCUT2D eigenvalue weighted by molar-refractivity contribution is 0.0497. The Kier molecular flexibility index (Phi) is 11.2. The lowest BCUT2D eigenvalue weighted by Crippen LogP contribution is -2.12. The lowest BCUT2D eigenvalue weighted by Gasteiger charge is -2.09. The minimum absolute atomic E-state index is 0.210. The monoisotopic (exact) mass is 425 g/mol. The van der Waals surface area contributed by atoms with E-state index in [1.165, 1.54) is 25.7 Å². The highest BCUT2D eigenvalue weighted by Gasteiger charge is 2.09. The van der Waals surface area contributed by atoms with Gasteiger partial charge in [0.05, 0.1) is 18.8 Å². The van der Waals surface area contributed by atoms with Crippen LogP contribution in [0.5, 0.6) is 5.75 Å². The first-order valence-corrected chi connectivity index (χ1v) is 11.5. The molecule has 2 rings (SSSR count).